The molecule has 0 aromatic carbocycles. The van der Waals surface area contributed by atoms with Crippen LogP contribution in [0, 0.1) is 0 Å². The summed E-state index contributed by atoms with van der Waals surface area (Å²) in [6.45, 7) is 5.98. The number of allylic oxidation sites excluding steroid dienone is 3. The van der Waals surface area contributed by atoms with Crippen molar-refractivity contribution in [1.29, 1.82) is 0 Å². The van der Waals surface area contributed by atoms with Crippen molar-refractivity contribution in [3.63, 3.8) is 0 Å². The highest BCUT2D eigenvalue weighted by Crippen LogP contribution is 2.22. The molecule has 0 nitrogen and oxygen atoms in total. The first-order chi connectivity index (χ1) is 5.29. The molecule has 0 atom stereocenters. The molecule has 11 heavy (non-hydrogen) atoms. The molecular formula is C11H18. The third kappa shape index (κ3) is 3.41. The Morgan fingerprint density at radius 3 is 2.18 bits per heavy atom. The van der Waals surface area contributed by atoms with Crippen molar-refractivity contribution in [1.82, 2.24) is 0 Å². The van der Waals surface area contributed by atoms with E-state index in [1.807, 2.05) is 0 Å². The Morgan fingerprint density at radius 1 is 1.18 bits per heavy atom. The molecule has 0 N–H and O–H groups in total. The van der Waals surface area contributed by atoms with Crippen LogP contribution >= 0.6 is 0 Å². The monoisotopic (exact) mass is 150 g/mol. The molecule has 0 radical (unpaired) electrons. The summed E-state index contributed by atoms with van der Waals surface area (Å²) in [7, 11) is 0. The van der Waals surface area contributed by atoms with E-state index in [2.05, 4.69) is 19.6 Å². The van der Waals surface area contributed by atoms with E-state index >= 15 is 0 Å². The first kappa shape index (κ1) is 8.58. The second-order valence-electron chi connectivity index (χ2n) is 3.56. The van der Waals surface area contributed by atoms with E-state index in [0.717, 1.165) is 0 Å². The quantitative estimate of drug-likeness (QED) is 0.498. The van der Waals surface area contributed by atoms with Gasteiger partial charge in [-0.1, -0.05) is 36.6 Å². The molecule has 0 amide bonds. The van der Waals surface area contributed by atoms with Gasteiger partial charge in [-0.3, -0.25) is 0 Å². The van der Waals surface area contributed by atoms with Gasteiger partial charge in [-0.05, 0) is 32.6 Å². The highest BCUT2D eigenvalue weighted by atomic mass is 14.1. The SMILES string of the molecule is C=C(C)C=C1CCCCCC1. The molecule has 1 aliphatic carbocycles. The first-order valence-electron chi connectivity index (χ1n) is 4.64. The van der Waals surface area contributed by atoms with Gasteiger partial charge in [-0.2, -0.15) is 0 Å². The molecule has 1 saturated carbocycles. The molecule has 0 spiro atoms. The molecule has 0 heteroatoms. The summed E-state index contributed by atoms with van der Waals surface area (Å²) in [6, 6.07) is 0. The zero-order valence-corrected chi connectivity index (χ0v) is 7.53. The van der Waals surface area contributed by atoms with Gasteiger partial charge in [0, 0.05) is 0 Å². The zero-order valence-electron chi connectivity index (χ0n) is 7.53. The maximum atomic E-state index is 3.90. The highest BCUT2D eigenvalue weighted by Gasteiger charge is 2.02. The lowest BCUT2D eigenvalue weighted by atomic mass is 10.1. The molecule has 0 heterocycles. The summed E-state index contributed by atoms with van der Waals surface area (Å²) >= 11 is 0. The molecule has 1 fully saturated rings. The minimum Gasteiger partial charge on any atom is -0.0961 e. The van der Waals surface area contributed by atoms with Crippen molar-refractivity contribution in [3.05, 3.63) is 23.8 Å². The van der Waals surface area contributed by atoms with Gasteiger partial charge in [-0.25, -0.2) is 0 Å². The summed E-state index contributed by atoms with van der Waals surface area (Å²) in [5.74, 6) is 0. The van der Waals surface area contributed by atoms with E-state index in [1.54, 1.807) is 5.57 Å². The van der Waals surface area contributed by atoms with Gasteiger partial charge in [0.1, 0.15) is 0 Å². The summed E-state index contributed by atoms with van der Waals surface area (Å²) in [6.07, 6.45) is 10.5. The fraction of sp³-hybridized carbons (Fsp3) is 0.636. The lowest BCUT2D eigenvalue weighted by Gasteiger charge is -2.00. The van der Waals surface area contributed by atoms with E-state index in [4.69, 9.17) is 0 Å². The molecule has 1 aliphatic rings. The van der Waals surface area contributed by atoms with Crippen molar-refractivity contribution >= 4 is 0 Å². The molecule has 0 bridgehead atoms. The first-order valence-corrected chi connectivity index (χ1v) is 4.64. The van der Waals surface area contributed by atoms with E-state index < -0.39 is 0 Å². The van der Waals surface area contributed by atoms with Gasteiger partial charge >= 0.3 is 0 Å². The summed E-state index contributed by atoms with van der Waals surface area (Å²) in [4.78, 5) is 0. The summed E-state index contributed by atoms with van der Waals surface area (Å²) in [5, 5.41) is 0. The fourth-order valence-corrected chi connectivity index (χ4v) is 1.68. The van der Waals surface area contributed by atoms with Crippen LogP contribution in [-0.4, -0.2) is 0 Å². The summed E-state index contributed by atoms with van der Waals surface area (Å²) < 4.78 is 0. The lowest BCUT2D eigenvalue weighted by Crippen LogP contribution is -1.80. The highest BCUT2D eigenvalue weighted by molar-refractivity contribution is 5.18. The van der Waals surface area contributed by atoms with Crippen molar-refractivity contribution in [2.75, 3.05) is 0 Å². The molecule has 0 aliphatic heterocycles. The lowest BCUT2D eigenvalue weighted by molar-refractivity contribution is 0.702. The molecule has 62 valence electrons. The van der Waals surface area contributed by atoms with Crippen LogP contribution in [0.4, 0.5) is 0 Å². The smallest absolute Gasteiger partial charge is 0.0317 e. The van der Waals surface area contributed by atoms with Gasteiger partial charge in [0.2, 0.25) is 0 Å². The molecule has 0 aromatic heterocycles. The van der Waals surface area contributed by atoms with E-state index in [9.17, 15) is 0 Å². The second kappa shape index (κ2) is 4.38. The van der Waals surface area contributed by atoms with Crippen LogP contribution in [0.25, 0.3) is 0 Å². The number of rotatable bonds is 1. The maximum Gasteiger partial charge on any atom is -0.0317 e. The maximum absolute atomic E-state index is 3.90. The predicted octanol–water partition coefficient (Wildman–Crippen LogP) is 3.84. The normalized spacial score (nSPS) is 19.2. The Balaban J connectivity index is 2.48. The van der Waals surface area contributed by atoms with Crippen LogP contribution in [0.15, 0.2) is 23.8 Å². The van der Waals surface area contributed by atoms with Gasteiger partial charge in [0.25, 0.3) is 0 Å². The standard InChI is InChI=1S/C11H18/c1-10(2)9-11-7-5-3-4-6-8-11/h9H,1,3-8H2,2H3. The average Bonchev–Trinajstić information content (AvgIpc) is 2.14. The van der Waals surface area contributed by atoms with Gasteiger partial charge in [0.15, 0.2) is 0 Å². The van der Waals surface area contributed by atoms with Crippen molar-refractivity contribution < 1.29 is 0 Å². The van der Waals surface area contributed by atoms with Crippen molar-refractivity contribution in [2.24, 2.45) is 0 Å². The molecule has 1 rings (SSSR count). The van der Waals surface area contributed by atoms with E-state index in [1.165, 1.54) is 44.1 Å². The Kier molecular flexibility index (Phi) is 3.41. The third-order valence-electron chi connectivity index (χ3n) is 2.20. The van der Waals surface area contributed by atoms with Gasteiger partial charge in [0.05, 0.1) is 0 Å². The Morgan fingerprint density at radius 2 is 1.73 bits per heavy atom. The van der Waals surface area contributed by atoms with Crippen molar-refractivity contribution in [2.45, 2.75) is 45.4 Å². The van der Waals surface area contributed by atoms with E-state index in [-0.39, 0.29) is 0 Å². The van der Waals surface area contributed by atoms with Gasteiger partial charge in [-0.15, -0.1) is 0 Å². The van der Waals surface area contributed by atoms with Crippen LogP contribution in [0.2, 0.25) is 0 Å². The van der Waals surface area contributed by atoms with Crippen LogP contribution in [0.3, 0.4) is 0 Å². The third-order valence-corrected chi connectivity index (χ3v) is 2.20. The molecule has 0 unspecified atom stereocenters. The fourth-order valence-electron chi connectivity index (χ4n) is 1.68. The Hall–Kier alpha value is -0.520. The number of hydrogen-bond acceptors (Lipinski definition) is 0. The largest absolute Gasteiger partial charge is 0.0961 e. The molecule has 0 saturated heterocycles. The molecular weight excluding hydrogens is 132 g/mol. The Labute approximate surface area is 70.0 Å². The van der Waals surface area contributed by atoms with Crippen LogP contribution in [0.5, 0.6) is 0 Å². The zero-order chi connectivity index (χ0) is 8.10. The van der Waals surface area contributed by atoms with Crippen LogP contribution in [0.1, 0.15) is 45.4 Å². The second-order valence-corrected chi connectivity index (χ2v) is 3.56. The van der Waals surface area contributed by atoms with E-state index in [0.29, 0.717) is 0 Å². The minimum atomic E-state index is 1.21. The molecule has 0 aromatic rings. The number of hydrogen-bond donors (Lipinski definition) is 0. The van der Waals surface area contributed by atoms with Crippen LogP contribution in [-0.2, 0) is 0 Å². The predicted molar refractivity (Wildman–Crippen MR) is 50.6 cm³/mol. The average molecular weight is 150 g/mol. The minimum absolute atomic E-state index is 1.21. The Bertz CT molecular complexity index is 153. The van der Waals surface area contributed by atoms with Crippen LogP contribution < -0.4 is 0 Å². The van der Waals surface area contributed by atoms with Gasteiger partial charge < -0.3 is 0 Å². The topological polar surface area (TPSA) is 0 Å². The summed E-state index contributed by atoms with van der Waals surface area (Å²) in [5.41, 5.74) is 2.83. The van der Waals surface area contributed by atoms with Crippen molar-refractivity contribution in [3.8, 4) is 0 Å².